The van der Waals surface area contributed by atoms with Crippen molar-refractivity contribution in [3.8, 4) is 0 Å². The minimum absolute atomic E-state index is 0.0521. The Morgan fingerprint density at radius 1 is 1.45 bits per heavy atom. The van der Waals surface area contributed by atoms with Crippen LogP contribution >= 0.6 is 0 Å². The Labute approximate surface area is 115 Å². The van der Waals surface area contributed by atoms with E-state index < -0.39 is 4.92 Å². The van der Waals surface area contributed by atoms with Crippen LogP contribution in [0, 0.1) is 24.0 Å². The van der Waals surface area contributed by atoms with E-state index in [0.717, 1.165) is 0 Å². The van der Waals surface area contributed by atoms with Crippen LogP contribution in [0.5, 0.6) is 0 Å². The molecule has 2 aromatic rings. The Balaban J connectivity index is 2.12. The number of benzene rings is 1. The molecule has 0 saturated carbocycles. The van der Waals surface area contributed by atoms with E-state index in [0.29, 0.717) is 22.4 Å². The van der Waals surface area contributed by atoms with Crippen molar-refractivity contribution in [1.29, 1.82) is 0 Å². The van der Waals surface area contributed by atoms with E-state index in [1.54, 1.807) is 26.0 Å². The normalized spacial score (nSPS) is 10.3. The molecule has 0 saturated heterocycles. The molecular weight excluding hydrogens is 260 g/mol. The number of nitro groups is 1. The fraction of sp³-hybridized carbons (Fsp3) is 0.231. The van der Waals surface area contributed by atoms with Gasteiger partial charge in [0.2, 0.25) is 0 Å². The van der Waals surface area contributed by atoms with Gasteiger partial charge in [0.1, 0.15) is 0 Å². The van der Waals surface area contributed by atoms with E-state index in [1.807, 2.05) is 0 Å². The van der Waals surface area contributed by atoms with Crippen molar-refractivity contribution in [3.05, 3.63) is 56.9 Å². The van der Waals surface area contributed by atoms with Crippen LogP contribution in [0.2, 0.25) is 0 Å². The van der Waals surface area contributed by atoms with Gasteiger partial charge in [-0.25, -0.2) is 0 Å². The Kier molecular flexibility index (Phi) is 3.79. The predicted octanol–water partition coefficient (Wildman–Crippen LogP) is 1.86. The van der Waals surface area contributed by atoms with Crippen LogP contribution in [0.4, 0.5) is 5.69 Å². The van der Waals surface area contributed by atoms with Crippen LogP contribution in [-0.4, -0.2) is 21.0 Å². The Hall–Kier alpha value is -2.70. The number of nitrogens with zero attached hydrogens (tertiary/aromatic N) is 2. The Morgan fingerprint density at radius 3 is 2.80 bits per heavy atom. The summed E-state index contributed by atoms with van der Waals surface area (Å²) in [6.45, 7) is 3.65. The molecule has 0 aliphatic carbocycles. The highest BCUT2D eigenvalue weighted by molar-refractivity contribution is 5.94. The number of hydrogen-bond acceptors (Lipinski definition) is 4. The first-order valence-electron chi connectivity index (χ1n) is 6.01. The topological polar surface area (TPSA) is 101 Å². The quantitative estimate of drug-likeness (QED) is 0.656. The third-order valence-corrected chi connectivity index (χ3v) is 3.13. The van der Waals surface area contributed by atoms with E-state index in [9.17, 15) is 14.9 Å². The lowest BCUT2D eigenvalue weighted by Crippen LogP contribution is -2.23. The van der Waals surface area contributed by atoms with Gasteiger partial charge in [-0.05, 0) is 19.4 Å². The van der Waals surface area contributed by atoms with Crippen molar-refractivity contribution in [1.82, 2.24) is 15.5 Å². The van der Waals surface area contributed by atoms with E-state index in [2.05, 4.69) is 15.5 Å². The summed E-state index contributed by atoms with van der Waals surface area (Å²) in [4.78, 5) is 22.3. The minimum atomic E-state index is -0.430. The third-order valence-electron chi connectivity index (χ3n) is 3.13. The van der Waals surface area contributed by atoms with Gasteiger partial charge < -0.3 is 5.32 Å². The zero-order chi connectivity index (χ0) is 14.7. The first kappa shape index (κ1) is 13.7. The molecule has 0 fully saturated rings. The molecule has 104 valence electrons. The maximum absolute atomic E-state index is 11.9. The number of nitro benzene ring substituents is 1. The zero-order valence-corrected chi connectivity index (χ0v) is 11.1. The van der Waals surface area contributed by atoms with Crippen molar-refractivity contribution in [3.63, 3.8) is 0 Å². The molecule has 2 rings (SSSR count). The smallest absolute Gasteiger partial charge is 0.272 e. The van der Waals surface area contributed by atoms with Crippen LogP contribution in [0.25, 0.3) is 0 Å². The summed E-state index contributed by atoms with van der Waals surface area (Å²) < 4.78 is 0. The van der Waals surface area contributed by atoms with Crippen molar-refractivity contribution >= 4 is 11.6 Å². The molecule has 0 atom stereocenters. The summed E-state index contributed by atoms with van der Waals surface area (Å²) in [6.07, 6.45) is 1.45. The van der Waals surface area contributed by atoms with E-state index >= 15 is 0 Å². The van der Waals surface area contributed by atoms with Gasteiger partial charge in [-0.1, -0.05) is 12.1 Å². The summed E-state index contributed by atoms with van der Waals surface area (Å²) in [5.74, 6) is -0.262. The number of aromatic nitrogens is 2. The standard InChI is InChI=1S/C13H14N4O3/c1-8-10(4-3-5-12(8)17(19)20)6-14-13(18)11-7-15-16-9(11)2/h3-5,7H,6H2,1-2H3,(H,14,18)(H,15,16). The number of rotatable bonds is 4. The number of amides is 1. The lowest BCUT2D eigenvalue weighted by atomic mass is 10.1. The number of H-pyrrole nitrogens is 1. The minimum Gasteiger partial charge on any atom is -0.348 e. The van der Waals surface area contributed by atoms with Gasteiger partial charge in [0.25, 0.3) is 11.6 Å². The fourth-order valence-corrected chi connectivity index (χ4v) is 1.91. The Bertz CT molecular complexity index is 663. The molecule has 0 bridgehead atoms. The largest absolute Gasteiger partial charge is 0.348 e. The van der Waals surface area contributed by atoms with Gasteiger partial charge in [-0.15, -0.1) is 0 Å². The van der Waals surface area contributed by atoms with Crippen molar-refractivity contribution < 1.29 is 9.72 Å². The molecule has 0 unspecified atom stereocenters. The molecule has 0 radical (unpaired) electrons. The summed E-state index contributed by atoms with van der Waals surface area (Å²) in [7, 11) is 0. The number of hydrogen-bond donors (Lipinski definition) is 2. The lowest BCUT2D eigenvalue weighted by Gasteiger charge is -2.08. The third kappa shape index (κ3) is 2.66. The highest BCUT2D eigenvalue weighted by Crippen LogP contribution is 2.20. The number of aryl methyl sites for hydroxylation is 1. The SMILES string of the molecule is Cc1[nH]ncc1C(=O)NCc1cccc([N+](=O)[O-])c1C. The number of carbonyl (C=O) groups is 1. The van der Waals surface area contributed by atoms with Gasteiger partial charge >= 0.3 is 0 Å². The first-order valence-corrected chi connectivity index (χ1v) is 6.01. The molecule has 7 nitrogen and oxygen atoms in total. The summed E-state index contributed by atoms with van der Waals surface area (Å²) >= 11 is 0. The highest BCUT2D eigenvalue weighted by atomic mass is 16.6. The van der Waals surface area contributed by atoms with Crippen molar-refractivity contribution in [2.24, 2.45) is 0 Å². The summed E-state index contributed by atoms with van der Waals surface area (Å²) in [5, 5.41) is 20.0. The first-order chi connectivity index (χ1) is 9.50. The van der Waals surface area contributed by atoms with Gasteiger partial charge in [0.05, 0.1) is 16.7 Å². The average Bonchev–Trinajstić information content (AvgIpc) is 2.83. The van der Waals surface area contributed by atoms with Gasteiger partial charge in [-0.3, -0.25) is 20.0 Å². The predicted molar refractivity (Wildman–Crippen MR) is 72.3 cm³/mol. The average molecular weight is 274 g/mol. The van der Waals surface area contributed by atoms with E-state index in [-0.39, 0.29) is 18.1 Å². The van der Waals surface area contributed by atoms with Crippen LogP contribution in [0.1, 0.15) is 27.2 Å². The lowest BCUT2D eigenvalue weighted by molar-refractivity contribution is -0.385. The Morgan fingerprint density at radius 2 is 2.20 bits per heavy atom. The van der Waals surface area contributed by atoms with Gasteiger partial charge in [-0.2, -0.15) is 5.10 Å². The zero-order valence-electron chi connectivity index (χ0n) is 11.1. The molecule has 1 amide bonds. The summed E-state index contributed by atoms with van der Waals surface area (Å²) in [6, 6.07) is 4.81. The fourth-order valence-electron chi connectivity index (χ4n) is 1.91. The molecule has 7 heteroatoms. The van der Waals surface area contributed by atoms with Gasteiger partial charge in [0.15, 0.2) is 0 Å². The monoisotopic (exact) mass is 274 g/mol. The van der Waals surface area contributed by atoms with Crippen LogP contribution in [0.3, 0.4) is 0 Å². The second-order valence-corrected chi connectivity index (χ2v) is 4.41. The summed E-state index contributed by atoms with van der Waals surface area (Å²) in [5.41, 5.74) is 2.47. The second-order valence-electron chi connectivity index (χ2n) is 4.41. The number of carbonyl (C=O) groups excluding carboxylic acids is 1. The molecule has 1 heterocycles. The number of aromatic amines is 1. The van der Waals surface area contributed by atoms with E-state index in [4.69, 9.17) is 0 Å². The molecule has 0 spiro atoms. The molecule has 0 aliphatic heterocycles. The van der Waals surface area contributed by atoms with Crippen LogP contribution < -0.4 is 5.32 Å². The van der Waals surface area contributed by atoms with Crippen molar-refractivity contribution in [2.45, 2.75) is 20.4 Å². The molecule has 0 aliphatic rings. The molecule has 1 aromatic carbocycles. The van der Waals surface area contributed by atoms with Gasteiger partial charge in [0, 0.05) is 23.9 Å². The second kappa shape index (κ2) is 5.52. The van der Waals surface area contributed by atoms with Crippen LogP contribution in [-0.2, 0) is 6.54 Å². The maximum Gasteiger partial charge on any atom is 0.272 e. The van der Waals surface area contributed by atoms with E-state index in [1.165, 1.54) is 12.3 Å². The molecular formula is C13H14N4O3. The highest BCUT2D eigenvalue weighted by Gasteiger charge is 2.15. The van der Waals surface area contributed by atoms with Crippen molar-refractivity contribution in [2.75, 3.05) is 0 Å². The molecule has 1 aromatic heterocycles. The van der Waals surface area contributed by atoms with Crippen LogP contribution in [0.15, 0.2) is 24.4 Å². The molecule has 2 N–H and O–H groups in total. The maximum atomic E-state index is 11.9. The number of nitrogens with one attached hydrogen (secondary N) is 2. The molecule has 20 heavy (non-hydrogen) atoms.